The van der Waals surface area contributed by atoms with Crippen molar-refractivity contribution in [2.24, 2.45) is 5.10 Å². The molecule has 0 saturated heterocycles. The van der Waals surface area contributed by atoms with Gasteiger partial charge < -0.3 is 14.8 Å². The van der Waals surface area contributed by atoms with Gasteiger partial charge in [-0.1, -0.05) is 47.5 Å². The molecule has 0 aliphatic rings. The molecular weight excluding hydrogens is 472 g/mol. The van der Waals surface area contributed by atoms with Gasteiger partial charge in [-0.3, -0.25) is 9.59 Å². The first-order valence-corrected chi connectivity index (χ1v) is 10.3. The lowest BCUT2D eigenvalue weighted by Gasteiger charge is -2.14. The molecule has 0 bridgehead atoms. The van der Waals surface area contributed by atoms with Crippen LogP contribution in [-0.2, 0) is 16.2 Å². The average molecular weight is 490 g/mol. The van der Waals surface area contributed by atoms with Gasteiger partial charge in [0.25, 0.3) is 0 Å². The summed E-state index contributed by atoms with van der Waals surface area (Å²) in [5, 5.41) is 6.69. The third-order valence-corrected chi connectivity index (χ3v) is 5.03. The summed E-state index contributed by atoms with van der Waals surface area (Å²) in [7, 11) is 1.44. The highest BCUT2D eigenvalue weighted by molar-refractivity contribution is 6.41. The molecule has 0 spiro atoms. The van der Waals surface area contributed by atoms with E-state index in [0.29, 0.717) is 17.0 Å². The van der Waals surface area contributed by atoms with Crippen LogP contribution in [-0.4, -0.2) is 25.1 Å². The van der Waals surface area contributed by atoms with Crippen molar-refractivity contribution in [3.05, 3.63) is 87.7 Å². The summed E-state index contributed by atoms with van der Waals surface area (Å²) in [6, 6.07) is 15.8. The highest BCUT2D eigenvalue weighted by Crippen LogP contribution is 2.32. The van der Waals surface area contributed by atoms with Crippen LogP contribution in [0.2, 0.25) is 10.0 Å². The Hall–Kier alpha value is -3.62. The van der Waals surface area contributed by atoms with Gasteiger partial charge in [-0.2, -0.15) is 5.10 Å². The third-order valence-electron chi connectivity index (χ3n) is 4.35. The largest absolute Gasteiger partial charge is 0.493 e. The number of ether oxygens (including phenoxy) is 2. The second kappa shape index (κ2) is 11.3. The highest BCUT2D eigenvalue weighted by atomic mass is 35.5. The summed E-state index contributed by atoms with van der Waals surface area (Å²) < 4.78 is 25.1. The maximum atomic E-state index is 14.1. The van der Waals surface area contributed by atoms with Crippen LogP contribution >= 0.6 is 23.2 Å². The minimum atomic E-state index is -1.00. The molecule has 7 nitrogen and oxygen atoms in total. The number of hydrazone groups is 1. The van der Waals surface area contributed by atoms with Crippen molar-refractivity contribution in [2.45, 2.75) is 6.61 Å². The number of carbonyl (C=O) groups excluding carboxylic acids is 2. The third kappa shape index (κ3) is 6.21. The fourth-order valence-electron chi connectivity index (χ4n) is 2.72. The van der Waals surface area contributed by atoms with E-state index in [9.17, 15) is 14.0 Å². The van der Waals surface area contributed by atoms with Gasteiger partial charge in [0.1, 0.15) is 12.4 Å². The molecule has 0 aromatic heterocycles. The molecule has 0 atom stereocenters. The minimum absolute atomic E-state index is 0.167. The normalized spacial score (nSPS) is 10.7. The van der Waals surface area contributed by atoms with Gasteiger partial charge in [0.2, 0.25) is 0 Å². The summed E-state index contributed by atoms with van der Waals surface area (Å²) in [6.07, 6.45) is 1.27. The molecule has 2 amide bonds. The van der Waals surface area contributed by atoms with Crippen molar-refractivity contribution in [3.8, 4) is 11.5 Å². The number of carbonyl (C=O) groups is 2. The number of nitrogens with one attached hydrogen (secondary N) is 2. The van der Waals surface area contributed by atoms with E-state index < -0.39 is 17.6 Å². The number of anilines is 1. The van der Waals surface area contributed by atoms with Gasteiger partial charge in [-0.05, 0) is 36.4 Å². The van der Waals surface area contributed by atoms with Crippen LogP contribution < -0.4 is 20.2 Å². The summed E-state index contributed by atoms with van der Waals surface area (Å²) >= 11 is 12.0. The number of methoxy groups -OCH3 is 1. The summed E-state index contributed by atoms with van der Waals surface area (Å²) in [6.45, 7) is -0.167. The quantitative estimate of drug-likeness (QED) is 0.283. The molecule has 0 aliphatic heterocycles. The number of nitrogens with zero attached hydrogens (tertiary/aromatic N) is 1. The maximum Gasteiger partial charge on any atom is 0.329 e. The maximum absolute atomic E-state index is 14.1. The van der Waals surface area contributed by atoms with E-state index in [1.807, 2.05) is 0 Å². The Labute approximate surface area is 199 Å². The van der Waals surface area contributed by atoms with Crippen LogP contribution in [0.1, 0.15) is 11.1 Å². The molecule has 0 saturated carbocycles. The van der Waals surface area contributed by atoms with E-state index in [-0.39, 0.29) is 28.0 Å². The Balaban J connectivity index is 1.70. The predicted molar refractivity (Wildman–Crippen MR) is 125 cm³/mol. The van der Waals surface area contributed by atoms with Crippen LogP contribution in [0.15, 0.2) is 65.8 Å². The van der Waals surface area contributed by atoms with Crippen molar-refractivity contribution in [3.63, 3.8) is 0 Å². The Morgan fingerprint density at radius 2 is 1.73 bits per heavy atom. The Kier molecular flexibility index (Phi) is 8.23. The number of rotatable bonds is 7. The zero-order valence-corrected chi connectivity index (χ0v) is 18.8. The molecule has 3 aromatic carbocycles. The SMILES string of the molecule is COc1cccc(/C=N\NC(=O)C(=O)Nc2ccccc2Cl)c1OCc1c(F)cccc1Cl. The zero-order chi connectivity index (χ0) is 23.8. The van der Waals surface area contributed by atoms with Gasteiger partial charge in [-0.25, -0.2) is 9.82 Å². The molecule has 0 unspecified atom stereocenters. The fraction of sp³-hybridized carbons (Fsp3) is 0.0870. The molecule has 3 rings (SSSR count). The lowest BCUT2D eigenvalue weighted by Crippen LogP contribution is -2.32. The molecule has 0 aliphatic carbocycles. The van der Waals surface area contributed by atoms with Crippen LogP contribution in [0, 0.1) is 5.82 Å². The molecule has 10 heteroatoms. The fourth-order valence-corrected chi connectivity index (χ4v) is 3.12. The first kappa shape index (κ1) is 24.0. The zero-order valence-electron chi connectivity index (χ0n) is 17.3. The number of benzene rings is 3. The Bertz CT molecular complexity index is 1180. The number of hydrogen-bond acceptors (Lipinski definition) is 5. The summed E-state index contributed by atoms with van der Waals surface area (Å²) in [5.74, 6) is -1.86. The molecule has 170 valence electrons. The highest BCUT2D eigenvalue weighted by Gasteiger charge is 2.15. The Morgan fingerprint density at radius 3 is 2.45 bits per heavy atom. The molecule has 3 aromatic rings. The van der Waals surface area contributed by atoms with E-state index in [0.717, 1.165) is 0 Å². The lowest BCUT2D eigenvalue weighted by molar-refractivity contribution is -0.136. The van der Waals surface area contributed by atoms with Crippen molar-refractivity contribution >= 4 is 46.9 Å². The number of halogens is 3. The molecule has 2 N–H and O–H groups in total. The van der Waals surface area contributed by atoms with Gasteiger partial charge in [-0.15, -0.1) is 0 Å². The van der Waals surface area contributed by atoms with Gasteiger partial charge in [0.15, 0.2) is 11.5 Å². The van der Waals surface area contributed by atoms with E-state index in [1.54, 1.807) is 48.5 Å². The number of amides is 2. The van der Waals surface area contributed by atoms with Crippen molar-refractivity contribution < 1.29 is 23.5 Å². The first-order valence-electron chi connectivity index (χ1n) is 9.52. The number of hydrogen-bond donors (Lipinski definition) is 2. The average Bonchev–Trinajstić information content (AvgIpc) is 2.80. The lowest BCUT2D eigenvalue weighted by atomic mass is 10.2. The predicted octanol–water partition coefficient (Wildman–Crippen LogP) is 4.81. The molecule has 0 radical (unpaired) electrons. The van der Waals surface area contributed by atoms with Crippen molar-refractivity contribution in [2.75, 3.05) is 12.4 Å². The van der Waals surface area contributed by atoms with Gasteiger partial charge in [0.05, 0.1) is 29.1 Å². The van der Waals surface area contributed by atoms with Crippen LogP contribution in [0.25, 0.3) is 0 Å². The monoisotopic (exact) mass is 489 g/mol. The van der Waals surface area contributed by atoms with Crippen molar-refractivity contribution in [1.82, 2.24) is 5.43 Å². The van der Waals surface area contributed by atoms with Crippen molar-refractivity contribution in [1.29, 1.82) is 0 Å². The van der Waals surface area contributed by atoms with E-state index in [1.165, 1.54) is 25.5 Å². The van der Waals surface area contributed by atoms with Gasteiger partial charge >= 0.3 is 11.8 Å². The minimum Gasteiger partial charge on any atom is -0.493 e. The number of para-hydroxylation sites is 2. The molecule has 0 heterocycles. The van der Waals surface area contributed by atoms with Crippen LogP contribution in [0.5, 0.6) is 11.5 Å². The molecular formula is C23H18Cl2FN3O4. The van der Waals surface area contributed by atoms with E-state index >= 15 is 0 Å². The smallest absolute Gasteiger partial charge is 0.329 e. The molecule has 0 fully saturated rings. The van der Waals surface area contributed by atoms with E-state index in [2.05, 4.69) is 15.8 Å². The Morgan fingerprint density at radius 1 is 1.00 bits per heavy atom. The second-order valence-corrected chi connectivity index (χ2v) is 7.32. The summed E-state index contributed by atoms with van der Waals surface area (Å²) in [5.41, 5.74) is 3.00. The van der Waals surface area contributed by atoms with Crippen LogP contribution in [0.4, 0.5) is 10.1 Å². The standard InChI is InChI=1S/C23H18Cl2FN3O4/c1-32-20-11-4-6-14(21(20)33-13-15-16(24)8-5-9-18(15)26)12-27-29-23(31)22(30)28-19-10-3-2-7-17(19)25/h2-12H,13H2,1H3,(H,28,30)(H,29,31)/b27-12-. The van der Waals surface area contributed by atoms with Gasteiger partial charge in [0, 0.05) is 11.1 Å². The summed E-state index contributed by atoms with van der Waals surface area (Å²) in [4.78, 5) is 24.1. The topological polar surface area (TPSA) is 89.0 Å². The molecule has 33 heavy (non-hydrogen) atoms. The van der Waals surface area contributed by atoms with E-state index in [4.69, 9.17) is 32.7 Å². The second-order valence-electron chi connectivity index (χ2n) is 6.50. The first-order chi connectivity index (χ1) is 15.9. The van der Waals surface area contributed by atoms with Crippen LogP contribution in [0.3, 0.4) is 0 Å².